The predicted octanol–water partition coefficient (Wildman–Crippen LogP) is 3.36. The van der Waals surface area contributed by atoms with Crippen LogP contribution in [0.1, 0.15) is 32.6 Å². The summed E-state index contributed by atoms with van der Waals surface area (Å²) in [6.07, 6.45) is 6.81. The third-order valence-electron chi connectivity index (χ3n) is 2.65. The van der Waals surface area contributed by atoms with E-state index in [0.717, 1.165) is 6.42 Å². The Hall–Kier alpha value is -0.340. The van der Waals surface area contributed by atoms with Crippen LogP contribution < -0.4 is 0 Å². The van der Waals surface area contributed by atoms with E-state index in [-0.39, 0.29) is 5.54 Å². The summed E-state index contributed by atoms with van der Waals surface area (Å²) in [7, 11) is 0. The van der Waals surface area contributed by atoms with Gasteiger partial charge in [-0.2, -0.15) is 11.8 Å². The molecule has 2 atom stereocenters. The van der Waals surface area contributed by atoms with Crippen LogP contribution in [0.15, 0.2) is 5.11 Å². The number of hydrogen-bond donors (Lipinski definition) is 0. The molecule has 0 spiro atoms. The molecule has 0 radical (unpaired) electrons. The van der Waals surface area contributed by atoms with Gasteiger partial charge in [-0.1, -0.05) is 24.9 Å². The zero-order chi connectivity index (χ0) is 9.03. The van der Waals surface area contributed by atoms with Gasteiger partial charge in [-0.3, -0.25) is 0 Å². The Morgan fingerprint density at radius 3 is 2.92 bits per heavy atom. The highest BCUT2D eigenvalue weighted by Gasteiger charge is 2.34. The first-order chi connectivity index (χ1) is 5.73. The van der Waals surface area contributed by atoms with Crippen LogP contribution in [0.25, 0.3) is 10.4 Å². The molecule has 1 saturated carbocycles. The quantitative estimate of drug-likeness (QED) is 0.369. The van der Waals surface area contributed by atoms with Crippen LogP contribution in [0, 0.1) is 0 Å². The largest absolute Gasteiger partial charge is 0.161 e. The minimum Gasteiger partial charge on any atom is -0.161 e. The smallest absolute Gasteiger partial charge is 0.0578 e. The van der Waals surface area contributed by atoms with Gasteiger partial charge in [0.15, 0.2) is 0 Å². The lowest BCUT2D eigenvalue weighted by Gasteiger charge is -2.36. The van der Waals surface area contributed by atoms with Crippen LogP contribution in [0.2, 0.25) is 0 Å². The molecular formula is C8H15N3S. The molecular weight excluding hydrogens is 170 g/mol. The van der Waals surface area contributed by atoms with E-state index < -0.39 is 0 Å². The molecule has 1 aliphatic carbocycles. The van der Waals surface area contributed by atoms with Crippen LogP contribution >= 0.6 is 11.8 Å². The normalized spacial score (nSPS) is 35.7. The number of nitrogens with zero attached hydrogens (tertiary/aromatic N) is 3. The highest BCUT2D eigenvalue weighted by Crippen LogP contribution is 2.38. The van der Waals surface area contributed by atoms with Crippen molar-refractivity contribution in [2.24, 2.45) is 5.11 Å². The Bertz CT molecular complexity index is 200. The maximum absolute atomic E-state index is 8.45. The zero-order valence-corrected chi connectivity index (χ0v) is 8.47. The van der Waals surface area contributed by atoms with E-state index in [2.05, 4.69) is 23.2 Å². The zero-order valence-electron chi connectivity index (χ0n) is 7.66. The van der Waals surface area contributed by atoms with E-state index in [1.807, 2.05) is 11.8 Å². The fourth-order valence-corrected chi connectivity index (χ4v) is 2.95. The molecule has 4 heteroatoms. The van der Waals surface area contributed by atoms with Gasteiger partial charge in [-0.15, -0.1) is 0 Å². The molecule has 0 amide bonds. The van der Waals surface area contributed by atoms with Gasteiger partial charge < -0.3 is 0 Å². The van der Waals surface area contributed by atoms with Crippen molar-refractivity contribution < 1.29 is 0 Å². The fraction of sp³-hybridized carbons (Fsp3) is 1.00. The number of rotatable bonds is 2. The van der Waals surface area contributed by atoms with Crippen molar-refractivity contribution in [3.05, 3.63) is 10.4 Å². The number of hydrogen-bond acceptors (Lipinski definition) is 2. The molecule has 68 valence electrons. The molecule has 0 aromatic carbocycles. The van der Waals surface area contributed by atoms with Crippen molar-refractivity contribution in [2.75, 3.05) is 6.26 Å². The summed E-state index contributed by atoms with van der Waals surface area (Å²) in [6, 6.07) is 0. The SMILES string of the molecule is CSC1CCCCC1(C)N=[N+]=[N-]. The first-order valence-electron chi connectivity index (χ1n) is 4.32. The summed E-state index contributed by atoms with van der Waals surface area (Å²) in [5, 5.41) is 4.44. The first kappa shape index (κ1) is 9.75. The van der Waals surface area contributed by atoms with Gasteiger partial charge in [0.1, 0.15) is 0 Å². The molecule has 3 nitrogen and oxygen atoms in total. The third kappa shape index (κ3) is 1.87. The van der Waals surface area contributed by atoms with E-state index in [1.165, 1.54) is 19.3 Å². The minimum atomic E-state index is -0.133. The molecule has 0 heterocycles. The van der Waals surface area contributed by atoms with Crippen molar-refractivity contribution in [3.8, 4) is 0 Å². The predicted molar refractivity (Wildman–Crippen MR) is 53.3 cm³/mol. The van der Waals surface area contributed by atoms with Gasteiger partial charge in [-0.25, -0.2) is 0 Å². The molecule has 0 bridgehead atoms. The summed E-state index contributed by atoms with van der Waals surface area (Å²) >= 11 is 1.83. The van der Waals surface area contributed by atoms with Crippen LogP contribution in [-0.4, -0.2) is 17.0 Å². The summed E-state index contributed by atoms with van der Waals surface area (Å²) in [5.74, 6) is 0. The Kier molecular flexibility index (Phi) is 3.29. The Morgan fingerprint density at radius 2 is 2.33 bits per heavy atom. The Balaban J connectivity index is 2.74. The van der Waals surface area contributed by atoms with Crippen molar-refractivity contribution in [3.63, 3.8) is 0 Å². The molecule has 0 saturated heterocycles. The highest BCUT2D eigenvalue weighted by molar-refractivity contribution is 7.99. The van der Waals surface area contributed by atoms with Gasteiger partial charge in [-0.05, 0) is 24.6 Å². The second-order valence-corrected chi connectivity index (χ2v) is 4.56. The molecule has 1 fully saturated rings. The summed E-state index contributed by atoms with van der Waals surface area (Å²) in [6.45, 7) is 2.08. The molecule has 2 unspecified atom stereocenters. The molecule has 12 heavy (non-hydrogen) atoms. The van der Waals surface area contributed by atoms with Crippen molar-refractivity contribution in [1.82, 2.24) is 0 Å². The van der Waals surface area contributed by atoms with E-state index in [1.54, 1.807) is 0 Å². The maximum atomic E-state index is 8.45. The van der Waals surface area contributed by atoms with Crippen LogP contribution in [0.5, 0.6) is 0 Å². The lowest BCUT2D eigenvalue weighted by molar-refractivity contribution is 0.334. The molecule has 0 aromatic rings. The average molecular weight is 185 g/mol. The summed E-state index contributed by atoms with van der Waals surface area (Å²) in [4.78, 5) is 2.94. The molecule has 1 aliphatic rings. The van der Waals surface area contributed by atoms with Crippen LogP contribution in [0.3, 0.4) is 0 Å². The number of thioether (sulfide) groups is 1. The topological polar surface area (TPSA) is 48.8 Å². The minimum absolute atomic E-state index is 0.133. The lowest BCUT2D eigenvalue weighted by Crippen LogP contribution is -2.37. The number of azide groups is 1. The van der Waals surface area contributed by atoms with Gasteiger partial charge in [0.2, 0.25) is 0 Å². The van der Waals surface area contributed by atoms with Gasteiger partial charge >= 0.3 is 0 Å². The Morgan fingerprint density at radius 1 is 1.58 bits per heavy atom. The van der Waals surface area contributed by atoms with Gasteiger partial charge in [0.05, 0.1) is 5.54 Å². The lowest BCUT2D eigenvalue weighted by atomic mass is 9.84. The standard InChI is InChI=1S/C8H15N3S/c1-8(10-11-9)6-4-3-5-7(8)12-2/h7H,3-6H2,1-2H3. The monoisotopic (exact) mass is 185 g/mol. The molecule has 1 rings (SSSR count). The fourth-order valence-electron chi connectivity index (χ4n) is 1.87. The Labute approximate surface area is 77.5 Å². The van der Waals surface area contributed by atoms with Gasteiger partial charge in [0, 0.05) is 10.2 Å². The highest BCUT2D eigenvalue weighted by atomic mass is 32.2. The van der Waals surface area contributed by atoms with E-state index >= 15 is 0 Å². The van der Waals surface area contributed by atoms with Crippen LogP contribution in [0.4, 0.5) is 0 Å². The summed E-state index contributed by atoms with van der Waals surface area (Å²) in [5.41, 5.74) is 8.31. The van der Waals surface area contributed by atoms with Crippen LogP contribution in [-0.2, 0) is 0 Å². The van der Waals surface area contributed by atoms with Crippen molar-refractivity contribution in [1.29, 1.82) is 0 Å². The molecule has 0 N–H and O–H groups in total. The van der Waals surface area contributed by atoms with E-state index in [9.17, 15) is 0 Å². The third-order valence-corrected chi connectivity index (χ3v) is 3.96. The maximum Gasteiger partial charge on any atom is 0.0578 e. The average Bonchev–Trinajstić information content (AvgIpc) is 2.05. The van der Waals surface area contributed by atoms with E-state index in [4.69, 9.17) is 5.53 Å². The second kappa shape index (κ2) is 4.06. The second-order valence-electron chi connectivity index (χ2n) is 3.52. The first-order valence-corrected chi connectivity index (χ1v) is 5.61. The van der Waals surface area contributed by atoms with Crippen molar-refractivity contribution >= 4 is 11.8 Å². The molecule has 0 aliphatic heterocycles. The summed E-state index contributed by atoms with van der Waals surface area (Å²) < 4.78 is 0. The van der Waals surface area contributed by atoms with Gasteiger partial charge in [0.25, 0.3) is 0 Å². The van der Waals surface area contributed by atoms with E-state index in [0.29, 0.717) is 5.25 Å². The van der Waals surface area contributed by atoms with Crippen molar-refractivity contribution in [2.45, 2.75) is 43.4 Å². The molecule has 0 aromatic heterocycles.